The minimum absolute atomic E-state index is 0.296. The number of rotatable bonds is 0. The summed E-state index contributed by atoms with van der Waals surface area (Å²) >= 11 is 0. The Kier molecular flexibility index (Phi) is 10.1. The van der Waals surface area contributed by atoms with Crippen LogP contribution in [0, 0.1) is 6.92 Å². The van der Waals surface area contributed by atoms with Gasteiger partial charge in [0.2, 0.25) is 0 Å². The van der Waals surface area contributed by atoms with E-state index in [2.05, 4.69) is 21.3 Å². The first kappa shape index (κ1) is 21.9. The first-order valence-corrected chi connectivity index (χ1v) is 9.59. The second-order valence-corrected chi connectivity index (χ2v) is 6.34. The van der Waals surface area contributed by atoms with Crippen molar-refractivity contribution < 1.29 is 23.8 Å². The first-order valence-electron chi connectivity index (χ1n) is 9.59. The van der Waals surface area contributed by atoms with E-state index in [0.717, 1.165) is 5.56 Å². The molecule has 2 rings (SSSR count). The fourth-order valence-electron chi connectivity index (χ4n) is 2.47. The SMILES string of the molecule is Cc1ccc2cc1NC(=O)NCCCOCCOCCOCCCNC(=O)N2. The Morgan fingerprint density at radius 3 is 1.89 bits per heavy atom. The van der Waals surface area contributed by atoms with E-state index in [4.69, 9.17) is 14.2 Å². The monoisotopic (exact) mass is 394 g/mol. The summed E-state index contributed by atoms with van der Waals surface area (Å²) in [6.07, 6.45) is 1.41. The zero-order chi connectivity index (χ0) is 20.0. The van der Waals surface area contributed by atoms with Crippen molar-refractivity contribution in [2.75, 3.05) is 63.4 Å². The predicted octanol–water partition coefficient (Wildman–Crippen LogP) is 2.08. The third-order valence-corrected chi connectivity index (χ3v) is 3.99. The summed E-state index contributed by atoms with van der Waals surface area (Å²) < 4.78 is 16.3. The fourth-order valence-corrected chi connectivity index (χ4v) is 2.47. The summed E-state index contributed by atoms with van der Waals surface area (Å²) in [5.41, 5.74) is 2.14. The molecule has 156 valence electrons. The molecule has 28 heavy (non-hydrogen) atoms. The largest absolute Gasteiger partial charge is 0.379 e. The molecule has 9 heteroatoms. The Morgan fingerprint density at radius 1 is 0.750 bits per heavy atom. The molecule has 0 aromatic heterocycles. The van der Waals surface area contributed by atoms with E-state index in [1.54, 1.807) is 12.1 Å². The van der Waals surface area contributed by atoms with Crippen LogP contribution in [0.15, 0.2) is 18.2 Å². The number of anilines is 2. The number of benzene rings is 1. The van der Waals surface area contributed by atoms with Gasteiger partial charge in [-0.1, -0.05) is 6.07 Å². The van der Waals surface area contributed by atoms with Gasteiger partial charge in [-0.05, 0) is 37.5 Å². The third kappa shape index (κ3) is 9.03. The standard InChI is InChI=1S/C19H30N4O5/c1-15-4-5-16-14-17(15)23-19(25)21-7-3-9-27-11-13-28-12-10-26-8-2-6-20-18(24)22-16/h4-5,14H,2-3,6-13H2,1H3,(H2,20,22,24)(H2,21,23,25). The van der Waals surface area contributed by atoms with E-state index in [9.17, 15) is 9.59 Å². The van der Waals surface area contributed by atoms with Crippen LogP contribution in [-0.4, -0.2) is 64.8 Å². The van der Waals surface area contributed by atoms with Gasteiger partial charge in [-0.3, -0.25) is 0 Å². The van der Waals surface area contributed by atoms with Crippen molar-refractivity contribution in [1.29, 1.82) is 0 Å². The predicted molar refractivity (Wildman–Crippen MR) is 107 cm³/mol. The van der Waals surface area contributed by atoms with Crippen LogP contribution in [0.25, 0.3) is 0 Å². The average molecular weight is 394 g/mol. The molecule has 1 aromatic rings. The molecule has 4 amide bonds. The van der Waals surface area contributed by atoms with E-state index < -0.39 is 0 Å². The highest BCUT2D eigenvalue weighted by Crippen LogP contribution is 2.20. The van der Waals surface area contributed by atoms with Crippen LogP contribution in [0.4, 0.5) is 21.0 Å². The molecular formula is C19H30N4O5. The lowest BCUT2D eigenvalue weighted by Crippen LogP contribution is -2.31. The number of urea groups is 2. The summed E-state index contributed by atoms with van der Waals surface area (Å²) in [7, 11) is 0. The second kappa shape index (κ2) is 12.9. The quantitative estimate of drug-likeness (QED) is 0.539. The Hall–Kier alpha value is -2.36. The number of aryl methyl sites for hydroxylation is 1. The zero-order valence-corrected chi connectivity index (χ0v) is 16.3. The van der Waals surface area contributed by atoms with Gasteiger partial charge in [0.15, 0.2) is 0 Å². The third-order valence-electron chi connectivity index (χ3n) is 3.99. The Morgan fingerprint density at radius 2 is 1.29 bits per heavy atom. The molecule has 1 aliphatic heterocycles. The van der Waals surface area contributed by atoms with Crippen LogP contribution in [-0.2, 0) is 14.2 Å². The molecule has 0 atom stereocenters. The maximum Gasteiger partial charge on any atom is 0.319 e. The number of carbonyl (C=O) groups excluding carboxylic acids is 2. The van der Waals surface area contributed by atoms with Crippen LogP contribution in [0.3, 0.4) is 0 Å². The van der Waals surface area contributed by atoms with Crippen LogP contribution in [0.5, 0.6) is 0 Å². The van der Waals surface area contributed by atoms with E-state index in [0.29, 0.717) is 76.9 Å². The van der Waals surface area contributed by atoms with Crippen LogP contribution in [0.2, 0.25) is 0 Å². The Bertz CT molecular complexity index is 626. The Labute approximate surface area is 165 Å². The summed E-state index contributed by atoms with van der Waals surface area (Å²) in [6, 6.07) is 4.76. The Balaban J connectivity index is 1.89. The smallest absolute Gasteiger partial charge is 0.319 e. The number of ether oxygens (including phenoxy) is 3. The highest BCUT2D eigenvalue weighted by atomic mass is 16.5. The fraction of sp³-hybridized carbons (Fsp3) is 0.579. The molecule has 0 unspecified atom stereocenters. The van der Waals surface area contributed by atoms with Gasteiger partial charge in [0.1, 0.15) is 0 Å². The molecule has 0 fully saturated rings. The van der Waals surface area contributed by atoms with Crippen LogP contribution >= 0.6 is 0 Å². The van der Waals surface area contributed by atoms with E-state index in [-0.39, 0.29) is 12.1 Å². The number of hydrogen-bond donors (Lipinski definition) is 4. The molecular weight excluding hydrogens is 364 g/mol. The zero-order valence-electron chi connectivity index (χ0n) is 16.3. The lowest BCUT2D eigenvalue weighted by molar-refractivity contribution is 0.0140. The average Bonchev–Trinajstić information content (AvgIpc) is 2.67. The summed E-state index contributed by atoms with van der Waals surface area (Å²) in [5, 5.41) is 11.1. The maximum atomic E-state index is 12.1. The summed E-state index contributed by atoms with van der Waals surface area (Å²) in [6.45, 7) is 6.03. The van der Waals surface area contributed by atoms with Crippen molar-refractivity contribution >= 4 is 23.4 Å². The van der Waals surface area contributed by atoms with Gasteiger partial charge in [0.25, 0.3) is 0 Å². The number of nitrogens with one attached hydrogen (secondary N) is 4. The number of carbonyl (C=O) groups is 2. The van der Waals surface area contributed by atoms with Crippen LogP contribution < -0.4 is 21.3 Å². The van der Waals surface area contributed by atoms with Gasteiger partial charge < -0.3 is 35.5 Å². The molecule has 1 heterocycles. The molecule has 0 saturated carbocycles. The lowest BCUT2D eigenvalue weighted by Gasteiger charge is -2.13. The van der Waals surface area contributed by atoms with E-state index >= 15 is 0 Å². The van der Waals surface area contributed by atoms with E-state index in [1.165, 1.54) is 0 Å². The van der Waals surface area contributed by atoms with Gasteiger partial charge in [0.05, 0.1) is 26.4 Å². The number of amides is 4. The van der Waals surface area contributed by atoms with Crippen molar-refractivity contribution in [2.45, 2.75) is 19.8 Å². The first-order chi connectivity index (χ1) is 13.6. The molecule has 1 aromatic carbocycles. The number of hydrogen-bond acceptors (Lipinski definition) is 5. The molecule has 9 nitrogen and oxygen atoms in total. The van der Waals surface area contributed by atoms with Crippen molar-refractivity contribution in [3.05, 3.63) is 23.8 Å². The summed E-state index contributed by atoms with van der Waals surface area (Å²) in [4.78, 5) is 24.0. The molecule has 1 aliphatic rings. The van der Waals surface area contributed by atoms with E-state index in [1.807, 2.05) is 13.0 Å². The topological polar surface area (TPSA) is 110 Å². The molecule has 4 N–H and O–H groups in total. The highest BCUT2D eigenvalue weighted by Gasteiger charge is 2.07. The molecule has 0 spiro atoms. The second-order valence-electron chi connectivity index (χ2n) is 6.34. The molecule has 2 bridgehead atoms. The molecule has 0 radical (unpaired) electrons. The van der Waals surface area contributed by atoms with Crippen molar-refractivity contribution in [3.63, 3.8) is 0 Å². The minimum atomic E-state index is -0.301. The van der Waals surface area contributed by atoms with Gasteiger partial charge in [-0.2, -0.15) is 0 Å². The molecule has 0 aliphatic carbocycles. The van der Waals surface area contributed by atoms with Gasteiger partial charge in [0, 0.05) is 37.7 Å². The van der Waals surface area contributed by atoms with Gasteiger partial charge in [-0.25, -0.2) is 9.59 Å². The van der Waals surface area contributed by atoms with Crippen molar-refractivity contribution in [2.24, 2.45) is 0 Å². The molecule has 0 saturated heterocycles. The summed E-state index contributed by atoms with van der Waals surface area (Å²) in [5.74, 6) is 0. The highest BCUT2D eigenvalue weighted by molar-refractivity contribution is 5.93. The minimum Gasteiger partial charge on any atom is -0.379 e. The van der Waals surface area contributed by atoms with Crippen molar-refractivity contribution in [3.8, 4) is 0 Å². The number of fused-ring (bicyclic) bond motifs is 2. The normalized spacial score (nSPS) is 19.0. The van der Waals surface area contributed by atoms with Crippen LogP contribution in [0.1, 0.15) is 18.4 Å². The van der Waals surface area contributed by atoms with Gasteiger partial charge >= 0.3 is 12.1 Å². The van der Waals surface area contributed by atoms with Crippen molar-refractivity contribution in [1.82, 2.24) is 10.6 Å². The lowest BCUT2D eigenvalue weighted by atomic mass is 10.2. The maximum absolute atomic E-state index is 12.1. The van der Waals surface area contributed by atoms with Gasteiger partial charge in [-0.15, -0.1) is 0 Å².